The second-order valence-corrected chi connectivity index (χ2v) is 7.71. The van der Waals surface area contributed by atoms with Gasteiger partial charge in [-0.2, -0.15) is 5.26 Å². The first kappa shape index (κ1) is 19.2. The summed E-state index contributed by atoms with van der Waals surface area (Å²) in [4.78, 5) is 0. The monoisotopic (exact) mass is 410 g/mol. The number of benzene rings is 3. The number of ether oxygens (including phenoxy) is 2. The van der Waals surface area contributed by atoms with E-state index >= 15 is 0 Å². The molecule has 2 heterocycles. The molecule has 1 saturated heterocycles. The Balaban J connectivity index is 1.51. The molecule has 4 aromatic rings. The van der Waals surface area contributed by atoms with E-state index in [1.165, 1.54) is 0 Å². The van der Waals surface area contributed by atoms with Crippen LogP contribution in [0, 0.1) is 11.3 Å². The fourth-order valence-electron chi connectivity index (χ4n) is 3.94. The molecule has 1 aliphatic rings. The number of furan rings is 1. The van der Waals surface area contributed by atoms with Crippen molar-refractivity contribution in [2.45, 2.75) is 18.9 Å². The number of para-hydroxylation sites is 1. The molecule has 0 bridgehead atoms. The van der Waals surface area contributed by atoms with Crippen molar-refractivity contribution in [3.05, 3.63) is 72.3 Å². The first-order valence-electron chi connectivity index (χ1n) is 10.4. The van der Waals surface area contributed by atoms with Crippen LogP contribution in [0.1, 0.15) is 18.4 Å². The molecule has 0 spiro atoms. The molecule has 1 aliphatic heterocycles. The Hall–Kier alpha value is -3.75. The summed E-state index contributed by atoms with van der Waals surface area (Å²) in [5.74, 6) is 1.40. The van der Waals surface area contributed by atoms with Gasteiger partial charge in [-0.1, -0.05) is 24.3 Å². The van der Waals surface area contributed by atoms with Crippen LogP contribution in [-0.2, 0) is 4.74 Å². The van der Waals surface area contributed by atoms with Crippen LogP contribution in [0.3, 0.4) is 0 Å². The molecular formula is C26H22N2O3. The van der Waals surface area contributed by atoms with Gasteiger partial charge in [0.25, 0.3) is 0 Å². The third-order valence-electron chi connectivity index (χ3n) is 5.61. The molecule has 5 rings (SSSR count). The van der Waals surface area contributed by atoms with Crippen molar-refractivity contribution in [2.75, 3.05) is 18.9 Å². The van der Waals surface area contributed by atoms with Crippen LogP contribution in [-0.4, -0.2) is 19.3 Å². The summed E-state index contributed by atoms with van der Waals surface area (Å²) >= 11 is 0. The lowest BCUT2D eigenvalue weighted by molar-refractivity contribution is 0.0254. The lowest BCUT2D eigenvalue weighted by atomic mass is 10.0. The van der Waals surface area contributed by atoms with E-state index in [2.05, 4.69) is 6.07 Å². The molecule has 1 fully saturated rings. The van der Waals surface area contributed by atoms with Gasteiger partial charge < -0.3 is 19.6 Å². The quantitative estimate of drug-likeness (QED) is 0.431. The largest absolute Gasteiger partial charge is 0.489 e. The maximum Gasteiger partial charge on any atom is 0.142 e. The van der Waals surface area contributed by atoms with Gasteiger partial charge >= 0.3 is 0 Å². The lowest BCUT2D eigenvalue weighted by Crippen LogP contribution is -2.26. The molecule has 31 heavy (non-hydrogen) atoms. The Kier molecular flexibility index (Phi) is 5.07. The summed E-state index contributed by atoms with van der Waals surface area (Å²) in [5, 5.41) is 10.7. The zero-order valence-electron chi connectivity index (χ0n) is 17.0. The topological polar surface area (TPSA) is 81.4 Å². The molecule has 0 radical (unpaired) electrons. The zero-order chi connectivity index (χ0) is 21.2. The molecule has 5 nitrogen and oxygen atoms in total. The van der Waals surface area contributed by atoms with E-state index in [0.29, 0.717) is 30.2 Å². The second kappa shape index (κ2) is 8.17. The van der Waals surface area contributed by atoms with Crippen molar-refractivity contribution in [2.24, 2.45) is 0 Å². The van der Waals surface area contributed by atoms with Gasteiger partial charge in [0.15, 0.2) is 0 Å². The van der Waals surface area contributed by atoms with E-state index in [4.69, 9.17) is 19.6 Å². The third kappa shape index (κ3) is 3.86. The molecule has 2 N–H and O–H groups in total. The van der Waals surface area contributed by atoms with Crippen molar-refractivity contribution in [1.29, 1.82) is 5.26 Å². The number of rotatable bonds is 4. The standard InChI is InChI=1S/C26H22N2O3/c27-16-20-14-18(6-9-24(20)30-22-10-12-29-13-11-22)23-3-1-2-19-15-25(31-26(19)23)17-4-7-21(28)8-5-17/h1-9,14-15,22H,10-13,28H2. The minimum absolute atomic E-state index is 0.0858. The first-order valence-corrected chi connectivity index (χ1v) is 10.4. The number of nitrogens with two attached hydrogens (primary N) is 1. The number of anilines is 1. The van der Waals surface area contributed by atoms with Crippen LogP contribution in [0.5, 0.6) is 5.75 Å². The van der Waals surface area contributed by atoms with Crippen LogP contribution in [0.25, 0.3) is 33.4 Å². The Bertz CT molecular complexity index is 1260. The maximum absolute atomic E-state index is 9.72. The van der Waals surface area contributed by atoms with Crippen molar-refractivity contribution >= 4 is 16.7 Å². The second-order valence-electron chi connectivity index (χ2n) is 7.71. The van der Waals surface area contributed by atoms with E-state index in [1.54, 1.807) is 0 Å². The molecule has 3 aromatic carbocycles. The summed E-state index contributed by atoms with van der Waals surface area (Å²) in [6.07, 6.45) is 1.76. The van der Waals surface area contributed by atoms with Crippen LogP contribution in [0.4, 0.5) is 5.69 Å². The smallest absolute Gasteiger partial charge is 0.142 e. The summed E-state index contributed by atoms with van der Waals surface area (Å²) in [7, 11) is 0. The predicted octanol–water partition coefficient (Wildman–Crippen LogP) is 5.78. The first-order chi connectivity index (χ1) is 15.2. The minimum Gasteiger partial charge on any atom is -0.489 e. The maximum atomic E-state index is 9.72. The van der Waals surface area contributed by atoms with Gasteiger partial charge in [-0.3, -0.25) is 0 Å². The van der Waals surface area contributed by atoms with E-state index in [1.807, 2.05) is 66.7 Å². The Morgan fingerprint density at radius 2 is 1.71 bits per heavy atom. The van der Waals surface area contributed by atoms with Gasteiger partial charge in [0.1, 0.15) is 29.3 Å². The zero-order valence-corrected chi connectivity index (χ0v) is 17.0. The van der Waals surface area contributed by atoms with Gasteiger partial charge in [-0.25, -0.2) is 0 Å². The molecule has 0 saturated carbocycles. The van der Waals surface area contributed by atoms with Crippen molar-refractivity contribution < 1.29 is 13.9 Å². The predicted molar refractivity (Wildman–Crippen MR) is 121 cm³/mol. The molecule has 1 aromatic heterocycles. The van der Waals surface area contributed by atoms with Gasteiger partial charge in [-0.15, -0.1) is 0 Å². The van der Waals surface area contributed by atoms with Crippen LogP contribution in [0.2, 0.25) is 0 Å². The van der Waals surface area contributed by atoms with Crippen LogP contribution in [0.15, 0.2) is 71.1 Å². The van der Waals surface area contributed by atoms with E-state index < -0.39 is 0 Å². The van der Waals surface area contributed by atoms with Crippen molar-refractivity contribution in [3.63, 3.8) is 0 Å². The summed E-state index contributed by atoms with van der Waals surface area (Å²) in [5.41, 5.74) is 10.7. The Morgan fingerprint density at radius 3 is 2.48 bits per heavy atom. The average molecular weight is 410 g/mol. The number of nitrogens with zero attached hydrogens (tertiary/aromatic N) is 1. The SMILES string of the molecule is N#Cc1cc(-c2cccc3cc(-c4ccc(N)cc4)oc23)ccc1OC1CCOCC1. The van der Waals surface area contributed by atoms with Gasteiger partial charge in [0, 0.05) is 35.0 Å². The molecule has 0 amide bonds. The lowest BCUT2D eigenvalue weighted by Gasteiger charge is -2.23. The number of hydrogen-bond acceptors (Lipinski definition) is 5. The minimum atomic E-state index is 0.0858. The van der Waals surface area contributed by atoms with Gasteiger partial charge in [0.2, 0.25) is 0 Å². The summed E-state index contributed by atoms with van der Waals surface area (Å²) in [6.45, 7) is 1.39. The Labute approximate surface area is 180 Å². The van der Waals surface area contributed by atoms with Crippen molar-refractivity contribution in [3.8, 4) is 34.3 Å². The van der Waals surface area contributed by atoms with Crippen LogP contribution >= 0.6 is 0 Å². The van der Waals surface area contributed by atoms with Crippen molar-refractivity contribution in [1.82, 2.24) is 0 Å². The summed E-state index contributed by atoms with van der Waals surface area (Å²) < 4.78 is 17.7. The Morgan fingerprint density at radius 1 is 0.935 bits per heavy atom. The molecule has 0 unspecified atom stereocenters. The number of hydrogen-bond donors (Lipinski definition) is 1. The molecule has 5 heteroatoms. The van der Waals surface area contributed by atoms with Crippen LogP contribution < -0.4 is 10.5 Å². The van der Waals surface area contributed by atoms with E-state index in [-0.39, 0.29) is 6.10 Å². The number of fused-ring (bicyclic) bond motifs is 1. The third-order valence-corrected chi connectivity index (χ3v) is 5.61. The molecule has 0 aliphatic carbocycles. The van der Waals surface area contributed by atoms with E-state index in [9.17, 15) is 5.26 Å². The normalized spacial score (nSPS) is 14.4. The van der Waals surface area contributed by atoms with Gasteiger partial charge in [0.05, 0.1) is 18.8 Å². The van der Waals surface area contributed by atoms with Gasteiger partial charge in [-0.05, 0) is 48.0 Å². The van der Waals surface area contributed by atoms with E-state index in [0.717, 1.165) is 46.3 Å². The highest BCUT2D eigenvalue weighted by Gasteiger charge is 2.18. The highest BCUT2D eigenvalue weighted by atomic mass is 16.5. The highest BCUT2D eigenvalue weighted by Crippen LogP contribution is 2.36. The fourth-order valence-corrected chi connectivity index (χ4v) is 3.94. The molecular weight excluding hydrogens is 388 g/mol. The summed E-state index contributed by atoms with van der Waals surface area (Å²) in [6, 6.07) is 23.7. The molecule has 0 atom stereocenters. The fraction of sp³-hybridized carbons (Fsp3) is 0.192. The number of nitriles is 1. The average Bonchev–Trinajstić information content (AvgIpc) is 3.25. The number of nitrogen functional groups attached to an aromatic ring is 1. The molecule has 154 valence electrons. The highest BCUT2D eigenvalue weighted by molar-refractivity contribution is 5.95.